The van der Waals surface area contributed by atoms with Crippen LogP contribution in [0.4, 0.5) is 5.69 Å². The summed E-state index contributed by atoms with van der Waals surface area (Å²) in [5, 5.41) is 10.1. The summed E-state index contributed by atoms with van der Waals surface area (Å²) in [6.07, 6.45) is 0.959. The molecule has 4 heteroatoms. The number of carbonyl (C=O) groups is 1. The van der Waals surface area contributed by atoms with E-state index in [1.807, 2.05) is 38.1 Å². The highest BCUT2D eigenvalue weighted by Gasteiger charge is 2.33. The van der Waals surface area contributed by atoms with Crippen molar-refractivity contribution in [2.45, 2.75) is 33.6 Å². The van der Waals surface area contributed by atoms with Crippen molar-refractivity contribution in [1.82, 2.24) is 0 Å². The van der Waals surface area contributed by atoms with Gasteiger partial charge in [0.15, 0.2) is 5.78 Å². The Hall–Kier alpha value is -1.42. The lowest BCUT2D eigenvalue weighted by Crippen LogP contribution is -2.28. The summed E-state index contributed by atoms with van der Waals surface area (Å²) in [6.45, 7) is 5.74. The van der Waals surface area contributed by atoms with Crippen molar-refractivity contribution in [3.63, 3.8) is 0 Å². The number of hydrogen-bond acceptors (Lipinski definition) is 3. The zero-order valence-corrected chi connectivity index (χ0v) is 13.5. The van der Waals surface area contributed by atoms with Crippen LogP contribution in [0.5, 0.6) is 0 Å². The van der Waals surface area contributed by atoms with Crippen molar-refractivity contribution in [3.8, 4) is 0 Å². The van der Waals surface area contributed by atoms with Gasteiger partial charge in [-0.25, -0.2) is 0 Å². The third-order valence-corrected chi connectivity index (χ3v) is 3.87. The number of hydrogen-bond donors (Lipinski definition) is 1. The Kier molecular flexibility index (Phi) is 4.14. The summed E-state index contributed by atoms with van der Waals surface area (Å²) in [6, 6.07) is 7.52. The average molecular weight is 336 g/mol. The van der Waals surface area contributed by atoms with Crippen LogP contribution >= 0.6 is 15.9 Å². The average Bonchev–Trinajstić information content (AvgIpc) is 2.29. The molecule has 0 heterocycles. The van der Waals surface area contributed by atoms with Crippen LogP contribution in [0.25, 0.3) is 0 Å². The molecule has 0 atom stereocenters. The van der Waals surface area contributed by atoms with E-state index >= 15 is 0 Å². The molecule has 0 saturated heterocycles. The first-order chi connectivity index (χ1) is 9.28. The van der Waals surface area contributed by atoms with E-state index in [0.29, 0.717) is 24.1 Å². The van der Waals surface area contributed by atoms with Gasteiger partial charge < -0.3 is 5.11 Å². The van der Waals surface area contributed by atoms with Gasteiger partial charge in [0, 0.05) is 17.3 Å². The Labute approximate surface area is 127 Å². The van der Waals surface area contributed by atoms with Crippen molar-refractivity contribution in [3.05, 3.63) is 40.1 Å². The normalized spacial score (nSPS) is 19.4. The molecule has 1 aromatic rings. The Morgan fingerprint density at radius 1 is 1.25 bits per heavy atom. The maximum absolute atomic E-state index is 12.2. The van der Waals surface area contributed by atoms with Gasteiger partial charge in [-0.05, 0) is 36.6 Å². The highest BCUT2D eigenvalue weighted by atomic mass is 79.9. The van der Waals surface area contributed by atoms with Crippen molar-refractivity contribution < 1.29 is 9.90 Å². The molecule has 1 N–H and O–H groups in total. The number of Topliss-reactive ketones (excluding diaryl/α,β-unsaturated/α-hetero) is 1. The first-order valence-corrected chi connectivity index (χ1v) is 7.34. The standard InChI is InChI=1S/C16H18BrNO2/c1-10(18-12-6-4-11(17)5-7-12)15-13(19)8-16(2,3)9-14(15)20/h4-7,19H,8-9H2,1-3H3. The number of benzene rings is 1. The fraction of sp³-hybridized carbons (Fsp3) is 0.375. The minimum Gasteiger partial charge on any atom is -0.511 e. The largest absolute Gasteiger partial charge is 0.511 e. The number of ketones is 1. The SMILES string of the molecule is CC(=Nc1ccc(Br)cc1)C1=C(O)CC(C)(C)CC1=O. The lowest BCUT2D eigenvalue weighted by atomic mass is 9.76. The maximum Gasteiger partial charge on any atom is 0.168 e. The summed E-state index contributed by atoms with van der Waals surface area (Å²) in [5.41, 5.74) is 1.55. The number of aliphatic hydroxyl groups is 1. The molecule has 2 rings (SSSR count). The number of halogens is 1. The second-order valence-corrected chi connectivity index (χ2v) is 6.85. The zero-order chi connectivity index (χ0) is 14.9. The molecule has 1 aliphatic rings. The Morgan fingerprint density at radius 3 is 2.40 bits per heavy atom. The Bertz CT molecular complexity index is 597. The predicted molar refractivity (Wildman–Crippen MR) is 84.6 cm³/mol. The van der Waals surface area contributed by atoms with Crippen molar-refractivity contribution in [2.24, 2.45) is 10.4 Å². The van der Waals surface area contributed by atoms with Gasteiger partial charge >= 0.3 is 0 Å². The van der Waals surface area contributed by atoms with Gasteiger partial charge in [-0.15, -0.1) is 0 Å². The van der Waals surface area contributed by atoms with Gasteiger partial charge in [-0.2, -0.15) is 0 Å². The van der Waals surface area contributed by atoms with Crippen molar-refractivity contribution in [1.29, 1.82) is 0 Å². The molecular formula is C16H18BrNO2. The highest BCUT2D eigenvalue weighted by molar-refractivity contribution is 9.10. The molecular weight excluding hydrogens is 318 g/mol. The number of aliphatic imine (C=N–C) groups is 1. The third kappa shape index (κ3) is 3.37. The second-order valence-electron chi connectivity index (χ2n) is 5.94. The third-order valence-electron chi connectivity index (χ3n) is 3.34. The van der Waals surface area contributed by atoms with Gasteiger partial charge in [-0.1, -0.05) is 29.8 Å². The first-order valence-electron chi connectivity index (χ1n) is 6.55. The van der Waals surface area contributed by atoms with E-state index in [0.717, 1.165) is 10.2 Å². The van der Waals surface area contributed by atoms with E-state index < -0.39 is 0 Å². The van der Waals surface area contributed by atoms with Gasteiger partial charge in [0.2, 0.25) is 0 Å². The molecule has 106 valence electrons. The molecule has 0 amide bonds. The van der Waals surface area contributed by atoms with E-state index in [1.165, 1.54) is 0 Å². The lowest BCUT2D eigenvalue weighted by molar-refractivity contribution is -0.117. The van der Waals surface area contributed by atoms with Crippen LogP contribution in [-0.2, 0) is 4.79 Å². The number of allylic oxidation sites excluding steroid dienone is 2. The topological polar surface area (TPSA) is 49.7 Å². The number of rotatable bonds is 2. The maximum atomic E-state index is 12.2. The van der Waals surface area contributed by atoms with Gasteiger partial charge in [0.25, 0.3) is 0 Å². The predicted octanol–water partition coefficient (Wildman–Crippen LogP) is 4.74. The molecule has 3 nitrogen and oxygen atoms in total. The molecule has 0 bridgehead atoms. The quantitative estimate of drug-likeness (QED) is 0.793. The Morgan fingerprint density at radius 2 is 1.85 bits per heavy atom. The summed E-state index contributed by atoms with van der Waals surface area (Å²) in [5.74, 6) is 0.127. The second kappa shape index (κ2) is 5.52. The van der Waals surface area contributed by atoms with Gasteiger partial charge in [-0.3, -0.25) is 9.79 Å². The van der Waals surface area contributed by atoms with E-state index in [1.54, 1.807) is 6.92 Å². The molecule has 0 saturated carbocycles. The van der Waals surface area contributed by atoms with Crippen LogP contribution in [0.1, 0.15) is 33.6 Å². The number of carbonyl (C=O) groups excluding carboxylic acids is 1. The molecule has 0 aliphatic heterocycles. The fourth-order valence-electron chi connectivity index (χ4n) is 2.46. The minimum absolute atomic E-state index is 0.0305. The molecule has 0 spiro atoms. The van der Waals surface area contributed by atoms with Crippen LogP contribution in [0.2, 0.25) is 0 Å². The number of aliphatic hydroxyl groups excluding tert-OH is 1. The summed E-state index contributed by atoms with van der Waals surface area (Å²) < 4.78 is 0.978. The Balaban J connectivity index is 2.35. The fourth-order valence-corrected chi connectivity index (χ4v) is 2.73. The molecule has 1 aromatic carbocycles. The van der Waals surface area contributed by atoms with Crippen LogP contribution in [0.3, 0.4) is 0 Å². The van der Waals surface area contributed by atoms with E-state index in [9.17, 15) is 9.90 Å². The van der Waals surface area contributed by atoms with E-state index in [2.05, 4.69) is 20.9 Å². The highest BCUT2D eigenvalue weighted by Crippen LogP contribution is 2.36. The van der Waals surface area contributed by atoms with E-state index in [4.69, 9.17) is 0 Å². The lowest BCUT2D eigenvalue weighted by Gasteiger charge is -2.29. The molecule has 0 aromatic heterocycles. The summed E-state index contributed by atoms with van der Waals surface area (Å²) >= 11 is 3.37. The first kappa shape index (κ1) is 15.0. The number of nitrogens with zero attached hydrogens (tertiary/aromatic N) is 1. The minimum atomic E-state index is -0.178. The molecule has 20 heavy (non-hydrogen) atoms. The van der Waals surface area contributed by atoms with Gasteiger partial charge in [0.05, 0.1) is 17.0 Å². The molecule has 0 radical (unpaired) electrons. The van der Waals surface area contributed by atoms with Crippen LogP contribution in [-0.4, -0.2) is 16.6 Å². The van der Waals surface area contributed by atoms with Crippen molar-refractivity contribution >= 4 is 33.1 Å². The van der Waals surface area contributed by atoms with Crippen molar-refractivity contribution in [2.75, 3.05) is 0 Å². The summed E-state index contributed by atoms with van der Waals surface area (Å²) in [4.78, 5) is 16.6. The smallest absolute Gasteiger partial charge is 0.168 e. The molecule has 0 fully saturated rings. The molecule has 1 aliphatic carbocycles. The van der Waals surface area contributed by atoms with E-state index in [-0.39, 0.29) is 17.0 Å². The monoisotopic (exact) mass is 335 g/mol. The van der Waals surface area contributed by atoms with Crippen LogP contribution in [0, 0.1) is 5.41 Å². The van der Waals surface area contributed by atoms with Crippen LogP contribution in [0.15, 0.2) is 45.1 Å². The molecule has 0 unspecified atom stereocenters. The zero-order valence-electron chi connectivity index (χ0n) is 11.9. The summed E-state index contributed by atoms with van der Waals surface area (Å²) in [7, 11) is 0. The van der Waals surface area contributed by atoms with Gasteiger partial charge in [0.1, 0.15) is 5.76 Å². The van der Waals surface area contributed by atoms with Crippen LogP contribution < -0.4 is 0 Å².